The molecule has 1 heterocycles. The molecule has 18 heavy (non-hydrogen) atoms. The number of amides is 1. The normalized spacial score (nSPS) is 22.2. The minimum absolute atomic E-state index is 0.261. The van der Waals surface area contributed by atoms with Crippen LogP contribution in [0.5, 0.6) is 0 Å². The molecule has 1 aliphatic heterocycles. The van der Waals surface area contributed by atoms with E-state index in [1.807, 2.05) is 0 Å². The molecule has 1 aromatic carbocycles. The molecule has 0 radical (unpaired) electrons. The van der Waals surface area contributed by atoms with E-state index in [2.05, 4.69) is 15.9 Å². The first-order chi connectivity index (χ1) is 8.33. The Morgan fingerprint density at radius 2 is 2.28 bits per heavy atom. The highest BCUT2D eigenvalue weighted by Crippen LogP contribution is 2.37. The molecule has 4 nitrogen and oxygen atoms in total. The second kappa shape index (κ2) is 4.51. The van der Waals surface area contributed by atoms with E-state index in [9.17, 15) is 14.3 Å². The minimum atomic E-state index is -1.05. The first-order valence-electron chi connectivity index (χ1n) is 5.44. The Labute approximate surface area is 112 Å². The fourth-order valence-electron chi connectivity index (χ4n) is 2.13. The quantitative estimate of drug-likeness (QED) is 0.864. The third kappa shape index (κ3) is 2.22. The van der Waals surface area contributed by atoms with Gasteiger partial charge >= 0.3 is 6.09 Å². The zero-order valence-corrected chi connectivity index (χ0v) is 11.6. The van der Waals surface area contributed by atoms with Gasteiger partial charge in [0, 0.05) is 0 Å². The first kappa shape index (κ1) is 13.3. The molecule has 0 aromatic heterocycles. The number of halogens is 2. The fraction of sp³-hybridized carbons (Fsp3) is 0.417. The van der Waals surface area contributed by atoms with Crippen molar-refractivity contribution in [2.24, 2.45) is 0 Å². The summed E-state index contributed by atoms with van der Waals surface area (Å²) in [6, 6.07) is 4.05. The topological polar surface area (TPSA) is 49.8 Å². The number of hydrogen-bond acceptors (Lipinski definition) is 2. The van der Waals surface area contributed by atoms with Crippen molar-refractivity contribution in [2.45, 2.75) is 25.6 Å². The number of benzene rings is 1. The standard InChI is InChI=1S/C12H13BrFNO3/c1-12(2)15(11(16)17)10(6-18-12)7-3-4-9(14)8(13)5-7/h3-5,10H,6H2,1-2H3,(H,16,17)/t10-/m1/s1. The second-order valence-corrected chi connectivity index (χ2v) is 5.45. The predicted molar refractivity (Wildman–Crippen MR) is 66.7 cm³/mol. The van der Waals surface area contributed by atoms with Crippen molar-refractivity contribution < 1.29 is 19.0 Å². The molecule has 1 saturated heterocycles. The molecule has 1 fully saturated rings. The summed E-state index contributed by atoms with van der Waals surface area (Å²) in [5.41, 5.74) is -0.173. The van der Waals surface area contributed by atoms with Gasteiger partial charge in [-0.25, -0.2) is 9.18 Å². The van der Waals surface area contributed by atoms with E-state index in [0.717, 1.165) is 0 Å². The molecule has 1 aromatic rings. The second-order valence-electron chi connectivity index (χ2n) is 4.60. The van der Waals surface area contributed by atoms with Crippen molar-refractivity contribution >= 4 is 22.0 Å². The van der Waals surface area contributed by atoms with Crippen molar-refractivity contribution in [1.82, 2.24) is 4.90 Å². The Balaban J connectivity index is 2.38. The molecule has 0 unspecified atom stereocenters. The smallest absolute Gasteiger partial charge is 0.410 e. The van der Waals surface area contributed by atoms with E-state index in [0.29, 0.717) is 10.0 Å². The summed E-state index contributed by atoms with van der Waals surface area (Å²) in [5.74, 6) is -0.376. The molecule has 2 rings (SSSR count). The van der Waals surface area contributed by atoms with Gasteiger partial charge in [-0.1, -0.05) is 6.07 Å². The van der Waals surface area contributed by atoms with Crippen molar-refractivity contribution in [3.63, 3.8) is 0 Å². The monoisotopic (exact) mass is 317 g/mol. The highest BCUT2D eigenvalue weighted by Gasteiger charge is 2.44. The summed E-state index contributed by atoms with van der Waals surface area (Å²) in [6.45, 7) is 3.65. The summed E-state index contributed by atoms with van der Waals surface area (Å²) >= 11 is 3.10. The van der Waals surface area contributed by atoms with Crippen LogP contribution < -0.4 is 0 Å². The average Bonchev–Trinajstić information content (AvgIpc) is 2.58. The maximum Gasteiger partial charge on any atom is 0.410 e. The number of carboxylic acid groups (broad SMARTS) is 1. The minimum Gasteiger partial charge on any atom is -0.465 e. The fourth-order valence-corrected chi connectivity index (χ4v) is 2.53. The van der Waals surface area contributed by atoms with Gasteiger partial charge in [0.25, 0.3) is 0 Å². The zero-order chi connectivity index (χ0) is 13.5. The largest absolute Gasteiger partial charge is 0.465 e. The molecular formula is C12H13BrFNO3. The molecule has 1 atom stereocenters. The number of rotatable bonds is 1. The van der Waals surface area contributed by atoms with E-state index < -0.39 is 17.9 Å². The van der Waals surface area contributed by atoms with Gasteiger partial charge < -0.3 is 9.84 Å². The van der Waals surface area contributed by atoms with Crippen molar-refractivity contribution in [1.29, 1.82) is 0 Å². The third-order valence-corrected chi connectivity index (χ3v) is 3.63. The van der Waals surface area contributed by atoms with Crippen LogP contribution in [0.15, 0.2) is 22.7 Å². The predicted octanol–water partition coefficient (Wildman–Crippen LogP) is 3.38. The van der Waals surface area contributed by atoms with E-state index in [-0.39, 0.29) is 12.4 Å². The number of carbonyl (C=O) groups is 1. The van der Waals surface area contributed by atoms with Gasteiger partial charge in [-0.3, -0.25) is 4.90 Å². The van der Waals surface area contributed by atoms with Gasteiger partial charge in [-0.2, -0.15) is 0 Å². The van der Waals surface area contributed by atoms with Crippen molar-refractivity contribution in [3.05, 3.63) is 34.1 Å². The molecule has 1 aliphatic rings. The first-order valence-corrected chi connectivity index (χ1v) is 6.23. The summed E-state index contributed by atoms with van der Waals surface area (Å²) in [5, 5.41) is 9.26. The molecule has 0 saturated carbocycles. The zero-order valence-electron chi connectivity index (χ0n) is 9.98. The molecule has 0 spiro atoms. The Bertz CT molecular complexity index is 492. The van der Waals surface area contributed by atoms with Crippen LogP contribution in [0.3, 0.4) is 0 Å². The van der Waals surface area contributed by atoms with E-state index in [4.69, 9.17) is 4.74 Å². The van der Waals surface area contributed by atoms with Crippen LogP contribution in [0.1, 0.15) is 25.5 Å². The van der Waals surface area contributed by atoms with Crippen LogP contribution in [0.25, 0.3) is 0 Å². The van der Waals surface area contributed by atoms with Crippen molar-refractivity contribution in [3.8, 4) is 0 Å². The van der Waals surface area contributed by atoms with Crippen LogP contribution in [-0.2, 0) is 4.74 Å². The molecule has 6 heteroatoms. The molecule has 0 bridgehead atoms. The molecule has 0 aliphatic carbocycles. The SMILES string of the molecule is CC1(C)OC[C@H](c2ccc(F)c(Br)c2)N1C(=O)O. The van der Waals surface area contributed by atoms with E-state index in [1.165, 1.54) is 11.0 Å². The highest BCUT2D eigenvalue weighted by atomic mass is 79.9. The maximum absolute atomic E-state index is 13.2. The van der Waals surface area contributed by atoms with Crippen LogP contribution in [0.2, 0.25) is 0 Å². The van der Waals surface area contributed by atoms with Crippen LogP contribution in [0, 0.1) is 5.82 Å². The summed E-state index contributed by atoms with van der Waals surface area (Å²) < 4.78 is 19.0. The Hall–Kier alpha value is -1.14. The Morgan fingerprint density at radius 3 is 2.83 bits per heavy atom. The van der Waals surface area contributed by atoms with Crippen LogP contribution in [-0.4, -0.2) is 28.4 Å². The number of nitrogens with zero attached hydrogens (tertiary/aromatic N) is 1. The number of hydrogen-bond donors (Lipinski definition) is 1. The van der Waals surface area contributed by atoms with Gasteiger partial charge in [-0.05, 0) is 47.5 Å². The van der Waals surface area contributed by atoms with Gasteiger partial charge in [0.2, 0.25) is 0 Å². The van der Waals surface area contributed by atoms with Crippen LogP contribution >= 0.6 is 15.9 Å². The van der Waals surface area contributed by atoms with E-state index >= 15 is 0 Å². The lowest BCUT2D eigenvalue weighted by atomic mass is 10.1. The molecular weight excluding hydrogens is 305 g/mol. The van der Waals surface area contributed by atoms with Gasteiger partial charge in [0.05, 0.1) is 17.1 Å². The summed E-state index contributed by atoms with van der Waals surface area (Å²) in [6.07, 6.45) is -1.05. The Kier molecular flexibility index (Phi) is 3.33. The lowest BCUT2D eigenvalue weighted by molar-refractivity contribution is -0.0420. The van der Waals surface area contributed by atoms with Gasteiger partial charge in [0.1, 0.15) is 11.5 Å². The molecule has 98 valence electrons. The number of ether oxygens (including phenoxy) is 1. The molecule has 1 amide bonds. The van der Waals surface area contributed by atoms with Gasteiger partial charge in [0.15, 0.2) is 0 Å². The van der Waals surface area contributed by atoms with Crippen molar-refractivity contribution in [2.75, 3.05) is 6.61 Å². The lowest BCUT2D eigenvalue weighted by Gasteiger charge is -2.31. The maximum atomic E-state index is 13.2. The van der Waals surface area contributed by atoms with Crippen LogP contribution in [0.4, 0.5) is 9.18 Å². The summed E-state index contributed by atoms with van der Waals surface area (Å²) in [7, 11) is 0. The highest BCUT2D eigenvalue weighted by molar-refractivity contribution is 9.10. The average molecular weight is 318 g/mol. The third-order valence-electron chi connectivity index (χ3n) is 3.02. The van der Waals surface area contributed by atoms with Gasteiger partial charge in [-0.15, -0.1) is 0 Å². The summed E-state index contributed by atoms with van der Waals surface area (Å²) in [4.78, 5) is 12.6. The van der Waals surface area contributed by atoms with E-state index in [1.54, 1.807) is 26.0 Å². The Morgan fingerprint density at radius 1 is 1.61 bits per heavy atom. The lowest BCUT2D eigenvalue weighted by Crippen LogP contribution is -2.44. The molecule has 1 N–H and O–H groups in total.